The second kappa shape index (κ2) is 7.29. The van der Waals surface area contributed by atoms with Crippen LogP contribution < -0.4 is 10.5 Å². The van der Waals surface area contributed by atoms with Gasteiger partial charge in [-0.25, -0.2) is 4.79 Å². The molecule has 9 heteroatoms. The summed E-state index contributed by atoms with van der Waals surface area (Å²) in [7, 11) is 0. The van der Waals surface area contributed by atoms with Crippen LogP contribution in [0, 0.1) is 20.2 Å². The maximum atomic E-state index is 12.0. The predicted molar refractivity (Wildman–Crippen MR) is 83.5 cm³/mol. The van der Waals surface area contributed by atoms with Crippen LogP contribution in [0.1, 0.15) is 5.56 Å². The first-order chi connectivity index (χ1) is 11.4. The molecule has 0 bridgehead atoms. The molecule has 0 saturated heterocycles. The van der Waals surface area contributed by atoms with E-state index in [1.165, 1.54) is 0 Å². The van der Waals surface area contributed by atoms with Crippen LogP contribution in [0.4, 0.5) is 11.4 Å². The predicted octanol–water partition coefficient (Wildman–Crippen LogP) is 1.98. The van der Waals surface area contributed by atoms with Crippen molar-refractivity contribution >= 4 is 17.3 Å². The summed E-state index contributed by atoms with van der Waals surface area (Å²) in [5.74, 6) is -1.14. The molecule has 0 spiro atoms. The van der Waals surface area contributed by atoms with E-state index < -0.39 is 33.2 Å². The first-order valence-corrected chi connectivity index (χ1v) is 6.82. The Morgan fingerprint density at radius 3 is 2.08 bits per heavy atom. The summed E-state index contributed by atoms with van der Waals surface area (Å²) < 4.78 is 4.96. The Hall–Kier alpha value is -3.33. The molecule has 2 rings (SSSR count). The number of hydrogen-bond acceptors (Lipinski definition) is 7. The monoisotopic (exact) mass is 331 g/mol. The van der Waals surface area contributed by atoms with Crippen molar-refractivity contribution < 1.29 is 19.4 Å². The molecule has 0 unspecified atom stereocenters. The lowest BCUT2D eigenvalue weighted by atomic mass is 10.1. The normalized spacial score (nSPS) is 11.5. The molecule has 0 amide bonds. The van der Waals surface area contributed by atoms with Gasteiger partial charge in [-0.05, 0) is 12.0 Å². The van der Waals surface area contributed by atoms with Crippen molar-refractivity contribution in [2.45, 2.75) is 12.5 Å². The van der Waals surface area contributed by atoms with Crippen LogP contribution >= 0.6 is 0 Å². The van der Waals surface area contributed by atoms with Gasteiger partial charge in [-0.2, -0.15) is 0 Å². The average molecular weight is 331 g/mol. The molecule has 9 nitrogen and oxygen atoms in total. The van der Waals surface area contributed by atoms with Gasteiger partial charge in [0.05, 0.1) is 28.0 Å². The quantitative estimate of drug-likeness (QED) is 0.369. The van der Waals surface area contributed by atoms with Gasteiger partial charge in [-0.15, -0.1) is 0 Å². The minimum Gasteiger partial charge on any atom is -0.425 e. The van der Waals surface area contributed by atoms with Gasteiger partial charge in [0, 0.05) is 0 Å². The Balaban J connectivity index is 2.15. The third-order valence-corrected chi connectivity index (χ3v) is 3.12. The van der Waals surface area contributed by atoms with E-state index in [1.807, 2.05) is 6.07 Å². The van der Waals surface area contributed by atoms with Crippen LogP contribution in [0.3, 0.4) is 0 Å². The maximum Gasteiger partial charge on any atom is 0.328 e. The molecule has 2 N–H and O–H groups in total. The third-order valence-electron chi connectivity index (χ3n) is 3.12. The summed E-state index contributed by atoms with van der Waals surface area (Å²) in [6.45, 7) is 0. The molecular weight excluding hydrogens is 318 g/mol. The highest BCUT2D eigenvalue weighted by atomic mass is 16.6. The topological polar surface area (TPSA) is 139 Å². The Morgan fingerprint density at radius 2 is 1.58 bits per heavy atom. The zero-order chi connectivity index (χ0) is 17.7. The van der Waals surface area contributed by atoms with Crippen molar-refractivity contribution in [1.29, 1.82) is 0 Å². The highest BCUT2D eigenvalue weighted by Crippen LogP contribution is 2.27. The van der Waals surface area contributed by atoms with Crippen LogP contribution in [-0.4, -0.2) is 21.9 Å². The van der Waals surface area contributed by atoms with Gasteiger partial charge < -0.3 is 10.5 Å². The number of nitrogens with zero attached hydrogens (tertiary/aromatic N) is 2. The van der Waals surface area contributed by atoms with E-state index in [2.05, 4.69) is 0 Å². The number of ether oxygens (including phenoxy) is 1. The number of esters is 1. The molecule has 124 valence electrons. The fourth-order valence-corrected chi connectivity index (χ4v) is 1.98. The molecule has 0 aliphatic heterocycles. The fraction of sp³-hybridized carbons (Fsp3) is 0.133. The summed E-state index contributed by atoms with van der Waals surface area (Å²) in [6, 6.07) is 10.6. The molecule has 0 aromatic heterocycles. The van der Waals surface area contributed by atoms with E-state index in [0.29, 0.717) is 0 Å². The first kappa shape index (κ1) is 17.0. The van der Waals surface area contributed by atoms with Crippen molar-refractivity contribution in [3.8, 4) is 5.75 Å². The van der Waals surface area contributed by atoms with E-state index >= 15 is 0 Å². The largest absolute Gasteiger partial charge is 0.425 e. The number of rotatable bonds is 6. The van der Waals surface area contributed by atoms with Gasteiger partial charge in [0.15, 0.2) is 0 Å². The Labute approximate surface area is 136 Å². The highest BCUT2D eigenvalue weighted by molar-refractivity contribution is 5.78. The minimum absolute atomic E-state index is 0.205. The number of non-ortho nitro benzene ring substituents is 2. The summed E-state index contributed by atoms with van der Waals surface area (Å²) in [6.07, 6.45) is 0.205. The fourth-order valence-electron chi connectivity index (χ4n) is 1.98. The maximum absolute atomic E-state index is 12.0. The Bertz CT molecular complexity index is 746. The van der Waals surface area contributed by atoms with Gasteiger partial charge in [-0.1, -0.05) is 30.3 Å². The lowest BCUT2D eigenvalue weighted by molar-refractivity contribution is -0.394. The lowest BCUT2D eigenvalue weighted by Gasteiger charge is -2.11. The first-order valence-electron chi connectivity index (χ1n) is 6.82. The van der Waals surface area contributed by atoms with Gasteiger partial charge in [0.1, 0.15) is 11.8 Å². The van der Waals surface area contributed by atoms with Crippen LogP contribution in [0.2, 0.25) is 0 Å². The van der Waals surface area contributed by atoms with Gasteiger partial charge in [0.25, 0.3) is 11.4 Å². The molecule has 0 fully saturated rings. The molecule has 1 atom stereocenters. The zero-order valence-electron chi connectivity index (χ0n) is 12.3. The van der Waals surface area contributed by atoms with Gasteiger partial charge >= 0.3 is 5.97 Å². The Morgan fingerprint density at radius 1 is 1.04 bits per heavy atom. The van der Waals surface area contributed by atoms with E-state index in [1.54, 1.807) is 24.3 Å². The van der Waals surface area contributed by atoms with Crippen molar-refractivity contribution in [3.05, 3.63) is 74.3 Å². The van der Waals surface area contributed by atoms with Crippen molar-refractivity contribution in [1.82, 2.24) is 0 Å². The second-order valence-corrected chi connectivity index (χ2v) is 4.92. The van der Waals surface area contributed by atoms with Crippen LogP contribution in [0.25, 0.3) is 0 Å². The molecule has 0 aliphatic carbocycles. The molecule has 24 heavy (non-hydrogen) atoms. The summed E-state index contributed by atoms with van der Waals surface area (Å²) in [4.78, 5) is 32.0. The Kier molecular flexibility index (Phi) is 5.17. The van der Waals surface area contributed by atoms with E-state index in [0.717, 1.165) is 23.8 Å². The summed E-state index contributed by atoms with van der Waals surface area (Å²) in [5, 5.41) is 21.6. The average Bonchev–Trinajstić information content (AvgIpc) is 2.55. The van der Waals surface area contributed by atoms with Crippen molar-refractivity contribution in [3.63, 3.8) is 0 Å². The molecular formula is C15H13N3O6. The standard InChI is InChI=1S/C15H13N3O6/c16-14(6-10-4-2-1-3-5-10)15(19)24-13-8-11(17(20)21)7-12(9-13)18(22)23/h1-5,7-9,14H,6,16H2/t14-/m0/s1. The molecule has 0 saturated carbocycles. The van der Waals surface area contributed by atoms with Gasteiger partial charge in [0.2, 0.25) is 0 Å². The van der Waals surface area contributed by atoms with Gasteiger partial charge in [-0.3, -0.25) is 20.2 Å². The van der Waals surface area contributed by atoms with Crippen LogP contribution in [0.15, 0.2) is 48.5 Å². The molecule has 0 radical (unpaired) electrons. The summed E-state index contributed by atoms with van der Waals surface area (Å²) >= 11 is 0. The molecule has 2 aromatic carbocycles. The number of benzene rings is 2. The number of nitro benzene ring substituents is 2. The number of nitro groups is 2. The van der Waals surface area contributed by atoms with Crippen LogP contribution in [-0.2, 0) is 11.2 Å². The van der Waals surface area contributed by atoms with E-state index in [4.69, 9.17) is 10.5 Å². The second-order valence-electron chi connectivity index (χ2n) is 4.92. The molecule has 0 heterocycles. The zero-order valence-corrected chi connectivity index (χ0v) is 12.3. The molecule has 2 aromatic rings. The number of carbonyl (C=O) groups excluding carboxylic acids is 1. The SMILES string of the molecule is N[C@@H](Cc1ccccc1)C(=O)Oc1cc([N+](=O)[O-])cc([N+](=O)[O-])c1. The van der Waals surface area contributed by atoms with Crippen molar-refractivity contribution in [2.75, 3.05) is 0 Å². The van der Waals surface area contributed by atoms with E-state index in [9.17, 15) is 25.0 Å². The summed E-state index contributed by atoms with van der Waals surface area (Å²) in [5.41, 5.74) is 5.46. The van der Waals surface area contributed by atoms with E-state index in [-0.39, 0.29) is 12.2 Å². The smallest absolute Gasteiger partial charge is 0.328 e. The van der Waals surface area contributed by atoms with Crippen LogP contribution in [0.5, 0.6) is 5.75 Å². The number of nitrogens with two attached hydrogens (primary N) is 1. The van der Waals surface area contributed by atoms with Crippen molar-refractivity contribution in [2.24, 2.45) is 5.73 Å². The third kappa shape index (κ3) is 4.34. The minimum atomic E-state index is -1.01. The number of hydrogen-bond donors (Lipinski definition) is 1. The lowest BCUT2D eigenvalue weighted by Crippen LogP contribution is -2.36. The number of carbonyl (C=O) groups is 1. The molecule has 0 aliphatic rings. The highest BCUT2D eigenvalue weighted by Gasteiger charge is 2.21.